The predicted molar refractivity (Wildman–Crippen MR) is 188 cm³/mol. The number of esters is 1. The second kappa shape index (κ2) is 16.9. The minimum Gasteiger partial charge on any atom is -0.480 e. The average molecular weight is 699 g/mol. The number of hydrogen-bond acceptors (Lipinski definition) is 9. The van der Waals surface area contributed by atoms with Crippen LogP contribution in [0.4, 0.5) is 5.82 Å². The van der Waals surface area contributed by atoms with E-state index in [1.165, 1.54) is 6.92 Å². The zero-order chi connectivity index (χ0) is 36.9. The fourth-order valence-corrected chi connectivity index (χ4v) is 8.01. The van der Waals surface area contributed by atoms with Crippen LogP contribution in [-0.2, 0) is 45.0 Å². The van der Waals surface area contributed by atoms with E-state index in [2.05, 4.69) is 62.2 Å². The summed E-state index contributed by atoms with van der Waals surface area (Å²) in [7, 11) is 0. The molecule has 4 unspecified atom stereocenters. The van der Waals surface area contributed by atoms with Crippen molar-refractivity contribution < 1.29 is 43.5 Å². The van der Waals surface area contributed by atoms with E-state index in [0.717, 1.165) is 31.2 Å². The summed E-state index contributed by atoms with van der Waals surface area (Å²) in [6.07, 6.45) is 5.38. The van der Waals surface area contributed by atoms with Gasteiger partial charge in [0.25, 0.3) is 5.91 Å². The molecule has 1 aromatic rings. The molecule has 0 radical (unpaired) electrons. The Balaban J connectivity index is 1.62. The third-order valence-corrected chi connectivity index (χ3v) is 10.1. The van der Waals surface area contributed by atoms with Crippen molar-refractivity contribution in [3.63, 3.8) is 0 Å². The van der Waals surface area contributed by atoms with Crippen molar-refractivity contribution in [3.8, 4) is 0 Å². The molecule has 2 amide bonds. The summed E-state index contributed by atoms with van der Waals surface area (Å²) in [5.41, 5.74) is 3.04. The minimum atomic E-state index is -1.21. The molecule has 13 nitrogen and oxygen atoms in total. The first kappa shape index (κ1) is 39.0. The molecule has 50 heavy (non-hydrogen) atoms. The largest absolute Gasteiger partial charge is 0.480 e. The molecule has 0 aromatic carbocycles. The molecule has 1 aliphatic heterocycles. The highest BCUT2D eigenvalue weighted by molar-refractivity contribution is 6.25. The van der Waals surface area contributed by atoms with Gasteiger partial charge in [-0.05, 0) is 92.3 Å². The number of carbonyl (C=O) groups is 4. The molecule has 2 aliphatic carbocycles. The Morgan fingerprint density at radius 2 is 1.46 bits per heavy atom. The van der Waals surface area contributed by atoms with Crippen LogP contribution in [0.5, 0.6) is 0 Å². The molecule has 0 bridgehead atoms. The van der Waals surface area contributed by atoms with Crippen LogP contribution in [0, 0.1) is 42.4 Å². The Bertz CT molecular complexity index is 1520. The first-order valence-corrected chi connectivity index (χ1v) is 17.6. The van der Waals surface area contributed by atoms with Gasteiger partial charge in [0, 0.05) is 18.2 Å². The molecule has 4 N–H and O–H groups in total. The summed E-state index contributed by atoms with van der Waals surface area (Å²) in [6.45, 7) is 16.9. The number of amidine groups is 1. The second-order valence-electron chi connectivity index (χ2n) is 14.9. The number of carboxylic acid groups (broad SMARTS) is 1. The Labute approximate surface area is 294 Å². The average Bonchev–Trinajstić information content (AvgIpc) is 3.45. The molecule has 4 atom stereocenters. The Morgan fingerprint density at radius 3 is 2.02 bits per heavy atom. The topological polar surface area (TPSA) is 178 Å². The number of aromatic nitrogens is 1. The number of nitrogens with zero attached hydrogens (tertiary/aromatic N) is 1. The standard InChI is InChI=1S/C37H54N4O9/c1-18-10-20(3)33(21(4)11-18)49-37(46)32-25(8)29(40-36(32)41-30(43)16-47-17-31(44)45)14-28-24(7)27(35(39-28)38-26(9)42)15-48-50-34-22(5)12-19(2)13-23(34)6/h14,18-23,33-34,39H,10-13,15-17H2,1-9H3,(H,38,42)(H,44,45)(H,40,41,43). The molecule has 2 fully saturated rings. The maximum absolute atomic E-state index is 13.8. The summed E-state index contributed by atoms with van der Waals surface area (Å²) in [5.74, 6) is -0.169. The quantitative estimate of drug-likeness (QED) is 0.121. The highest BCUT2D eigenvalue weighted by atomic mass is 17.2. The maximum atomic E-state index is 13.8. The van der Waals surface area contributed by atoms with Gasteiger partial charge in [0.15, 0.2) is 0 Å². The van der Waals surface area contributed by atoms with Crippen LogP contribution in [0.15, 0.2) is 21.8 Å². The van der Waals surface area contributed by atoms with Gasteiger partial charge >= 0.3 is 11.9 Å². The molecule has 4 rings (SSSR count). The first-order chi connectivity index (χ1) is 23.5. The van der Waals surface area contributed by atoms with Gasteiger partial charge in [-0.1, -0.05) is 41.5 Å². The molecular formula is C37H54N4O9. The Hall–Kier alpha value is -3.81. The van der Waals surface area contributed by atoms with Crippen molar-refractivity contribution >= 4 is 41.5 Å². The van der Waals surface area contributed by atoms with Crippen molar-refractivity contribution in [2.45, 2.75) is 107 Å². The van der Waals surface area contributed by atoms with E-state index in [4.69, 9.17) is 24.4 Å². The number of allylic oxidation sites excluding steroid dienone is 1. The van der Waals surface area contributed by atoms with E-state index < -0.39 is 31.1 Å². The lowest BCUT2D eigenvalue weighted by Gasteiger charge is -2.37. The smallest absolute Gasteiger partial charge is 0.342 e. The third kappa shape index (κ3) is 9.70. The van der Waals surface area contributed by atoms with Crippen molar-refractivity contribution in [2.24, 2.45) is 40.5 Å². The SMILES string of the molecule is CC(=O)Nc1[nH]c(C=C2N=C(NC(=O)COCC(=O)O)C(C(=O)OC3C(C)CC(C)CC3C)=C2C)c(C)c1COOC1C(C)CC(C)CC1C. The zero-order valence-corrected chi connectivity index (χ0v) is 30.8. The number of aliphatic imine (C=N–C) groups is 1. The predicted octanol–water partition coefficient (Wildman–Crippen LogP) is 5.70. The lowest BCUT2D eigenvalue weighted by atomic mass is 9.75. The molecule has 3 aliphatic rings. The summed E-state index contributed by atoms with van der Waals surface area (Å²) in [6, 6.07) is 0. The highest BCUT2D eigenvalue weighted by Gasteiger charge is 2.38. The fourth-order valence-electron chi connectivity index (χ4n) is 8.01. The van der Waals surface area contributed by atoms with Crippen LogP contribution < -0.4 is 10.6 Å². The zero-order valence-electron chi connectivity index (χ0n) is 30.8. The Morgan fingerprint density at radius 1 is 0.880 bits per heavy atom. The molecular weight excluding hydrogens is 644 g/mol. The normalized spacial score (nSPS) is 29.1. The highest BCUT2D eigenvalue weighted by Crippen LogP contribution is 2.38. The number of anilines is 1. The fraction of sp³-hybridized carbons (Fsp3) is 0.649. The number of carboxylic acids is 1. The number of carbonyl (C=O) groups excluding carboxylic acids is 3. The number of aromatic amines is 1. The molecule has 0 spiro atoms. The van der Waals surface area contributed by atoms with Crippen molar-refractivity contribution in [3.05, 3.63) is 33.7 Å². The summed E-state index contributed by atoms with van der Waals surface area (Å²) in [5, 5.41) is 14.3. The summed E-state index contributed by atoms with van der Waals surface area (Å²) >= 11 is 0. The van der Waals surface area contributed by atoms with E-state index in [0.29, 0.717) is 52.0 Å². The number of H-pyrrole nitrogens is 1. The van der Waals surface area contributed by atoms with Crippen LogP contribution >= 0.6 is 0 Å². The van der Waals surface area contributed by atoms with E-state index in [-0.39, 0.29) is 48.0 Å². The van der Waals surface area contributed by atoms with Crippen molar-refractivity contribution in [2.75, 3.05) is 18.5 Å². The van der Waals surface area contributed by atoms with Crippen LogP contribution in [0.2, 0.25) is 0 Å². The minimum absolute atomic E-state index is 0.0135. The summed E-state index contributed by atoms with van der Waals surface area (Å²) in [4.78, 5) is 69.2. The molecule has 276 valence electrons. The van der Waals surface area contributed by atoms with Gasteiger partial charge in [-0.3, -0.25) is 9.59 Å². The lowest BCUT2D eigenvalue weighted by molar-refractivity contribution is -0.354. The Kier molecular flexibility index (Phi) is 13.2. The van der Waals surface area contributed by atoms with Crippen LogP contribution in [0.3, 0.4) is 0 Å². The van der Waals surface area contributed by atoms with Crippen LogP contribution in [0.25, 0.3) is 6.08 Å². The number of nitrogens with one attached hydrogen (secondary N) is 3. The van der Waals surface area contributed by atoms with Gasteiger partial charge < -0.3 is 30.2 Å². The summed E-state index contributed by atoms with van der Waals surface area (Å²) < 4.78 is 11.0. The number of aliphatic carboxylic acids is 1. The van der Waals surface area contributed by atoms with E-state index in [9.17, 15) is 19.2 Å². The number of rotatable bonds is 12. The van der Waals surface area contributed by atoms with Gasteiger partial charge in [-0.2, -0.15) is 0 Å². The number of ether oxygens (including phenoxy) is 2. The van der Waals surface area contributed by atoms with Gasteiger partial charge in [-0.25, -0.2) is 24.4 Å². The maximum Gasteiger partial charge on any atom is 0.342 e. The number of hydrogen-bond donors (Lipinski definition) is 4. The van der Waals surface area contributed by atoms with Gasteiger partial charge in [0.1, 0.15) is 43.2 Å². The lowest BCUT2D eigenvalue weighted by Crippen LogP contribution is -2.40. The first-order valence-electron chi connectivity index (χ1n) is 17.6. The van der Waals surface area contributed by atoms with E-state index >= 15 is 0 Å². The van der Waals surface area contributed by atoms with E-state index in [1.54, 1.807) is 13.0 Å². The van der Waals surface area contributed by atoms with Gasteiger partial charge in [-0.15, -0.1) is 0 Å². The number of amides is 2. The third-order valence-electron chi connectivity index (χ3n) is 10.1. The van der Waals surface area contributed by atoms with Crippen molar-refractivity contribution in [1.82, 2.24) is 10.3 Å². The molecule has 2 saturated carbocycles. The molecule has 2 heterocycles. The molecule has 0 saturated heterocycles. The van der Waals surface area contributed by atoms with Gasteiger partial charge in [0.2, 0.25) is 5.91 Å². The van der Waals surface area contributed by atoms with Gasteiger partial charge in [0.05, 0.1) is 11.8 Å². The monoisotopic (exact) mass is 698 g/mol. The molecule has 13 heteroatoms. The van der Waals surface area contributed by atoms with E-state index in [1.807, 2.05) is 6.92 Å². The second-order valence-corrected chi connectivity index (χ2v) is 14.9. The molecule has 1 aromatic heterocycles. The van der Waals surface area contributed by atoms with Crippen LogP contribution in [0.1, 0.15) is 97.9 Å². The van der Waals surface area contributed by atoms with Crippen molar-refractivity contribution in [1.29, 1.82) is 0 Å². The van der Waals surface area contributed by atoms with Crippen LogP contribution in [-0.4, -0.2) is 65.1 Å².